The van der Waals surface area contributed by atoms with Crippen LogP contribution in [0.25, 0.3) is 10.2 Å². The Labute approximate surface area is 134 Å². The molecule has 0 spiro atoms. The van der Waals surface area contributed by atoms with Crippen LogP contribution in [0.4, 0.5) is 5.69 Å². The molecule has 0 saturated carbocycles. The number of rotatable bonds is 3. The summed E-state index contributed by atoms with van der Waals surface area (Å²) < 4.78 is 2.21. The van der Waals surface area contributed by atoms with Gasteiger partial charge in [0.05, 0.1) is 27.0 Å². The predicted molar refractivity (Wildman–Crippen MR) is 90.8 cm³/mol. The molecule has 0 aliphatic heterocycles. The van der Waals surface area contributed by atoms with Crippen molar-refractivity contribution < 1.29 is 0 Å². The minimum absolute atomic E-state index is 0.110. The maximum absolute atomic E-state index is 6.21. The molecule has 0 amide bonds. The van der Waals surface area contributed by atoms with E-state index in [1.54, 1.807) is 11.3 Å². The highest BCUT2D eigenvalue weighted by Gasteiger charge is 2.12. The van der Waals surface area contributed by atoms with Gasteiger partial charge in [0, 0.05) is 4.47 Å². The zero-order valence-corrected chi connectivity index (χ0v) is 13.9. The van der Waals surface area contributed by atoms with Crippen LogP contribution < -0.4 is 5.32 Å². The van der Waals surface area contributed by atoms with Gasteiger partial charge in [-0.25, -0.2) is 4.98 Å². The van der Waals surface area contributed by atoms with Gasteiger partial charge in [-0.15, -0.1) is 11.3 Å². The van der Waals surface area contributed by atoms with Crippen molar-refractivity contribution in [3.05, 3.63) is 57.0 Å². The fourth-order valence-electron chi connectivity index (χ4n) is 1.98. The Morgan fingerprint density at radius 3 is 2.85 bits per heavy atom. The summed E-state index contributed by atoms with van der Waals surface area (Å²) >= 11 is 11.4. The molecule has 2 nitrogen and oxygen atoms in total. The van der Waals surface area contributed by atoms with Gasteiger partial charge in [0.25, 0.3) is 0 Å². The van der Waals surface area contributed by atoms with E-state index in [0.29, 0.717) is 5.02 Å². The number of nitrogens with one attached hydrogen (secondary N) is 1. The van der Waals surface area contributed by atoms with Crippen LogP contribution in [0, 0.1) is 0 Å². The largest absolute Gasteiger partial charge is 0.375 e. The predicted octanol–water partition coefficient (Wildman–Crippen LogP) is 5.89. The van der Waals surface area contributed by atoms with Crippen LogP contribution in [0.5, 0.6) is 0 Å². The first kappa shape index (κ1) is 13.9. The fraction of sp³-hybridized carbons (Fsp3) is 0.133. The highest BCUT2D eigenvalue weighted by atomic mass is 79.9. The number of hydrogen-bond donors (Lipinski definition) is 1. The van der Waals surface area contributed by atoms with Crippen molar-refractivity contribution in [3.63, 3.8) is 0 Å². The summed E-state index contributed by atoms with van der Waals surface area (Å²) in [5.74, 6) is 0. The van der Waals surface area contributed by atoms with E-state index >= 15 is 0 Å². The second kappa shape index (κ2) is 5.72. The minimum atomic E-state index is 0.110. The minimum Gasteiger partial charge on any atom is -0.375 e. The third-order valence-electron chi connectivity index (χ3n) is 2.98. The number of anilines is 1. The van der Waals surface area contributed by atoms with Gasteiger partial charge in [-0.1, -0.05) is 39.7 Å². The number of hydrogen-bond acceptors (Lipinski definition) is 3. The second-order valence-corrected chi connectivity index (χ2v) is 6.90. The van der Waals surface area contributed by atoms with Gasteiger partial charge in [0.15, 0.2) is 0 Å². The van der Waals surface area contributed by atoms with Gasteiger partial charge >= 0.3 is 0 Å². The van der Waals surface area contributed by atoms with E-state index in [9.17, 15) is 0 Å². The van der Waals surface area contributed by atoms with E-state index in [2.05, 4.69) is 39.2 Å². The summed E-state index contributed by atoms with van der Waals surface area (Å²) in [6.45, 7) is 2.09. The second-order valence-electron chi connectivity index (χ2n) is 4.51. The zero-order chi connectivity index (χ0) is 14.1. The Kier molecular flexibility index (Phi) is 3.96. The molecule has 102 valence electrons. The van der Waals surface area contributed by atoms with Crippen LogP contribution in [-0.4, -0.2) is 4.98 Å². The molecule has 1 aromatic heterocycles. The van der Waals surface area contributed by atoms with Crippen molar-refractivity contribution in [2.75, 3.05) is 5.32 Å². The van der Waals surface area contributed by atoms with Crippen LogP contribution in [0.2, 0.25) is 5.02 Å². The topological polar surface area (TPSA) is 24.9 Å². The number of fused-ring (bicyclic) bond motifs is 1. The highest BCUT2D eigenvalue weighted by molar-refractivity contribution is 9.10. The van der Waals surface area contributed by atoms with E-state index in [1.165, 1.54) is 4.70 Å². The Morgan fingerprint density at radius 1 is 1.25 bits per heavy atom. The van der Waals surface area contributed by atoms with Crippen molar-refractivity contribution >= 4 is 54.8 Å². The Bertz CT molecular complexity index is 723. The summed E-state index contributed by atoms with van der Waals surface area (Å²) in [4.78, 5) is 4.66. The molecule has 20 heavy (non-hydrogen) atoms. The van der Waals surface area contributed by atoms with E-state index in [0.717, 1.165) is 20.7 Å². The first-order valence-electron chi connectivity index (χ1n) is 6.20. The van der Waals surface area contributed by atoms with E-state index < -0.39 is 0 Å². The molecule has 0 aliphatic carbocycles. The molecular weight excluding hydrogens is 356 g/mol. The lowest BCUT2D eigenvalue weighted by Crippen LogP contribution is -2.06. The molecule has 1 unspecified atom stereocenters. The average molecular weight is 368 g/mol. The van der Waals surface area contributed by atoms with Crippen LogP contribution in [0.1, 0.15) is 18.0 Å². The molecule has 0 radical (unpaired) electrons. The third kappa shape index (κ3) is 2.82. The fourth-order valence-corrected chi connectivity index (χ4v) is 3.48. The van der Waals surface area contributed by atoms with Gasteiger partial charge in [-0.05, 0) is 37.3 Å². The Balaban J connectivity index is 1.88. The number of halogens is 2. The van der Waals surface area contributed by atoms with E-state index in [4.69, 9.17) is 11.6 Å². The Morgan fingerprint density at radius 2 is 2.05 bits per heavy atom. The van der Waals surface area contributed by atoms with Crippen molar-refractivity contribution in [1.82, 2.24) is 4.98 Å². The molecule has 0 fully saturated rings. The summed E-state index contributed by atoms with van der Waals surface area (Å²) in [6.07, 6.45) is 0. The summed E-state index contributed by atoms with van der Waals surface area (Å²) in [5.41, 5.74) is 1.95. The summed E-state index contributed by atoms with van der Waals surface area (Å²) in [5, 5.41) is 5.18. The molecule has 0 aliphatic rings. The highest BCUT2D eigenvalue weighted by Crippen LogP contribution is 2.32. The smallest absolute Gasteiger partial charge is 0.116 e. The monoisotopic (exact) mass is 366 g/mol. The van der Waals surface area contributed by atoms with Gasteiger partial charge in [-0.2, -0.15) is 0 Å². The SMILES string of the molecule is CC(Nc1cc(Br)ccc1Cl)c1nc2ccccc2s1. The number of nitrogens with zero attached hydrogens (tertiary/aromatic N) is 1. The van der Waals surface area contributed by atoms with Gasteiger partial charge in [0.2, 0.25) is 0 Å². The van der Waals surface area contributed by atoms with Crippen molar-refractivity contribution in [2.24, 2.45) is 0 Å². The number of benzene rings is 2. The van der Waals surface area contributed by atoms with Crippen LogP contribution in [0.15, 0.2) is 46.9 Å². The van der Waals surface area contributed by atoms with Gasteiger partial charge < -0.3 is 5.32 Å². The first-order chi connectivity index (χ1) is 9.63. The quantitative estimate of drug-likeness (QED) is 0.624. The van der Waals surface area contributed by atoms with Crippen molar-refractivity contribution in [3.8, 4) is 0 Å². The average Bonchev–Trinajstić information content (AvgIpc) is 2.87. The molecule has 1 atom stereocenters. The third-order valence-corrected chi connectivity index (χ3v) is 5.02. The number of thiazole rings is 1. The maximum Gasteiger partial charge on any atom is 0.116 e. The zero-order valence-electron chi connectivity index (χ0n) is 10.7. The summed E-state index contributed by atoms with van der Waals surface area (Å²) in [7, 11) is 0. The van der Waals surface area contributed by atoms with E-state index in [-0.39, 0.29) is 6.04 Å². The van der Waals surface area contributed by atoms with Crippen LogP contribution >= 0.6 is 38.9 Å². The molecule has 2 aromatic carbocycles. The lowest BCUT2D eigenvalue weighted by molar-refractivity contribution is 0.874. The van der Waals surface area contributed by atoms with Gasteiger partial charge in [-0.3, -0.25) is 0 Å². The molecule has 0 bridgehead atoms. The standard InChI is InChI=1S/C15H12BrClN2S/c1-9(18-13-8-10(16)6-7-11(13)17)15-19-12-4-2-3-5-14(12)20-15/h2-9,18H,1H3. The number of aromatic nitrogens is 1. The van der Waals surface area contributed by atoms with Crippen LogP contribution in [-0.2, 0) is 0 Å². The molecular formula is C15H12BrClN2S. The molecule has 3 aromatic rings. The van der Waals surface area contributed by atoms with Crippen molar-refractivity contribution in [1.29, 1.82) is 0 Å². The summed E-state index contributed by atoms with van der Waals surface area (Å²) in [6, 6.07) is 14.1. The van der Waals surface area contributed by atoms with Gasteiger partial charge in [0.1, 0.15) is 5.01 Å². The lowest BCUT2D eigenvalue weighted by atomic mass is 10.2. The van der Waals surface area contributed by atoms with Crippen LogP contribution in [0.3, 0.4) is 0 Å². The van der Waals surface area contributed by atoms with E-state index in [1.807, 2.05) is 36.4 Å². The maximum atomic E-state index is 6.21. The molecule has 1 N–H and O–H groups in total. The number of para-hydroxylation sites is 1. The molecule has 5 heteroatoms. The first-order valence-corrected chi connectivity index (χ1v) is 8.19. The normalized spacial score (nSPS) is 12.6. The van der Waals surface area contributed by atoms with Crippen molar-refractivity contribution in [2.45, 2.75) is 13.0 Å². The molecule has 3 rings (SSSR count). The molecule has 1 heterocycles. The Hall–Kier alpha value is -1.10. The lowest BCUT2D eigenvalue weighted by Gasteiger charge is -2.14. The molecule has 0 saturated heterocycles.